The molecule has 0 spiro atoms. The minimum absolute atomic E-state index is 0.0185. The number of imidazole rings is 1. The number of nitrogens with zero attached hydrogens (tertiary/aromatic N) is 6. The first kappa shape index (κ1) is 49.5. The molecule has 10 rings (SSSR count). The lowest BCUT2D eigenvalue weighted by molar-refractivity contribution is -0.145. The third-order valence-electron chi connectivity index (χ3n) is 15.4. The number of halogens is 2. The van der Waals surface area contributed by atoms with E-state index in [2.05, 4.69) is 70.5 Å². The van der Waals surface area contributed by atoms with E-state index in [0.29, 0.717) is 23.6 Å². The van der Waals surface area contributed by atoms with E-state index < -0.39 is 53.0 Å². The lowest BCUT2D eigenvalue weighted by atomic mass is 9.85. The molecule has 0 radical (unpaired) electrons. The Balaban J connectivity index is 0.826. The lowest BCUT2D eigenvalue weighted by Crippen LogP contribution is -2.59. The number of aryl methyl sites for hydroxylation is 1. The first-order valence-electron chi connectivity index (χ1n) is 25.3. The molecule has 71 heavy (non-hydrogen) atoms. The molecule has 2 aliphatic heterocycles. The number of β-amino-alcohol motifs (C(OH)–C–C–N with tert-alkyl or cyclic N) is 1. The number of likely N-dealkylation sites (tertiary alicyclic amines) is 2. The number of carbonyl (C=O) groups excluding carboxylic acids is 3. The van der Waals surface area contributed by atoms with Gasteiger partial charge in [-0.05, 0) is 134 Å². The molecule has 376 valence electrons. The van der Waals surface area contributed by atoms with Gasteiger partial charge in [0.05, 0.1) is 62.9 Å². The number of hydrogen-bond acceptors (Lipinski definition) is 10. The number of aliphatic hydroxyl groups is 1. The standard InChI is InChI=1S/C54H64BrFN8O6S/c1-31(27-61-23-19-33(20-24-61)36-17-18-41-43(25-36)63(37-9-6-7-10-37)52-60-49(67)45-39(55)11-8-12-42(45)64(41)52)70-29-40(34-13-15-35(16-14-34)46-32(2)57-30-71-46)58-48(66)44-26-38(65)28-62(44)50(68)47(53(3,4)5)59-51(69)54(56)21-22-54/h8,11-18,25,30-31,33,37-38,40,44,47,65H,6-7,9-10,19-24,26-29H2,1-5H3,(H,58,66)(H,59,69)/t31-,38+,40-,44-,47+/m0/s1. The zero-order valence-corrected chi connectivity index (χ0v) is 43.5. The van der Waals surface area contributed by atoms with Gasteiger partial charge < -0.3 is 34.8 Å². The van der Waals surface area contributed by atoms with Crippen molar-refractivity contribution in [2.45, 2.75) is 140 Å². The summed E-state index contributed by atoms with van der Waals surface area (Å²) in [6.07, 6.45) is 5.51. The average Bonchev–Trinajstić information content (AvgIpc) is 3.79. The molecule has 6 aromatic rings. The smallest absolute Gasteiger partial charge is 0.283 e. The molecule has 4 aliphatic rings. The molecule has 0 bridgehead atoms. The molecular formula is C54H64BrFN8O6S. The van der Waals surface area contributed by atoms with Crippen molar-refractivity contribution in [2.75, 3.05) is 32.8 Å². The van der Waals surface area contributed by atoms with Gasteiger partial charge in [-0.2, -0.15) is 4.98 Å². The van der Waals surface area contributed by atoms with Gasteiger partial charge in [-0.3, -0.25) is 23.6 Å². The average molecular weight is 1050 g/mol. The molecule has 3 amide bonds. The molecule has 5 heterocycles. The largest absolute Gasteiger partial charge is 0.391 e. The second-order valence-electron chi connectivity index (χ2n) is 21.5. The molecule has 2 saturated carbocycles. The molecule has 17 heteroatoms. The van der Waals surface area contributed by atoms with Crippen LogP contribution in [0.1, 0.15) is 120 Å². The van der Waals surface area contributed by atoms with Crippen LogP contribution in [-0.4, -0.2) is 114 Å². The number of carbonyl (C=O) groups is 3. The van der Waals surface area contributed by atoms with Gasteiger partial charge in [-0.25, -0.2) is 9.37 Å². The number of alkyl halides is 1. The molecule has 3 aromatic heterocycles. The van der Waals surface area contributed by atoms with E-state index in [9.17, 15) is 28.7 Å². The van der Waals surface area contributed by atoms with Gasteiger partial charge in [-0.15, -0.1) is 11.3 Å². The van der Waals surface area contributed by atoms with Crippen molar-refractivity contribution in [2.24, 2.45) is 5.41 Å². The van der Waals surface area contributed by atoms with Crippen LogP contribution in [0.15, 0.2) is 75.4 Å². The van der Waals surface area contributed by atoms with Crippen LogP contribution in [0.25, 0.3) is 38.2 Å². The van der Waals surface area contributed by atoms with Crippen molar-refractivity contribution in [1.29, 1.82) is 0 Å². The van der Waals surface area contributed by atoms with E-state index in [4.69, 9.17) is 9.72 Å². The van der Waals surface area contributed by atoms with Gasteiger partial charge in [0.15, 0.2) is 5.67 Å². The van der Waals surface area contributed by atoms with Crippen LogP contribution in [0.2, 0.25) is 0 Å². The zero-order valence-electron chi connectivity index (χ0n) is 41.1. The predicted molar refractivity (Wildman–Crippen MR) is 277 cm³/mol. The van der Waals surface area contributed by atoms with Gasteiger partial charge in [0.2, 0.25) is 17.6 Å². The molecule has 2 saturated heterocycles. The third-order valence-corrected chi connectivity index (χ3v) is 17.0. The summed E-state index contributed by atoms with van der Waals surface area (Å²) in [5.41, 5.74) is 5.92. The summed E-state index contributed by atoms with van der Waals surface area (Å²) in [5.74, 6) is -0.729. The van der Waals surface area contributed by atoms with E-state index in [-0.39, 0.29) is 50.1 Å². The number of thiazole rings is 1. The number of aliphatic hydroxyl groups excluding tert-OH is 1. The van der Waals surface area contributed by atoms with Crippen molar-refractivity contribution >= 4 is 72.7 Å². The number of nitrogens with one attached hydrogen (secondary N) is 2. The topological polar surface area (TPSA) is 163 Å². The highest BCUT2D eigenvalue weighted by Crippen LogP contribution is 2.41. The highest BCUT2D eigenvalue weighted by atomic mass is 79.9. The van der Waals surface area contributed by atoms with Gasteiger partial charge in [0.1, 0.15) is 12.1 Å². The maximum absolute atomic E-state index is 14.8. The second kappa shape index (κ2) is 19.7. The summed E-state index contributed by atoms with van der Waals surface area (Å²) in [4.78, 5) is 68.9. The zero-order chi connectivity index (χ0) is 49.9. The van der Waals surface area contributed by atoms with Gasteiger partial charge in [0, 0.05) is 30.0 Å². The number of fused-ring (bicyclic) bond motifs is 5. The Labute approximate surface area is 425 Å². The number of aromatic nitrogens is 4. The molecule has 4 fully saturated rings. The van der Waals surface area contributed by atoms with Crippen LogP contribution in [0, 0.1) is 12.3 Å². The fourth-order valence-electron chi connectivity index (χ4n) is 11.2. The SMILES string of the molecule is Cc1ncsc1-c1ccc([C@H](CO[C@@H](C)CN2CCC(c3ccc4c(c3)n(C3CCCC3)c3nc(=O)c5c(Br)cccc5n43)CC2)NC(=O)[C@@H]2C[C@@H](O)CN2C(=O)[C@@H](NC(=O)C2(F)CC2)C(C)(C)C)cc1. The number of rotatable bonds is 14. The first-order valence-corrected chi connectivity index (χ1v) is 26.9. The van der Waals surface area contributed by atoms with Crippen LogP contribution >= 0.6 is 27.3 Å². The lowest BCUT2D eigenvalue weighted by Gasteiger charge is -2.36. The fourth-order valence-corrected chi connectivity index (χ4v) is 12.5. The Bertz CT molecular complexity index is 3040. The Hall–Kier alpha value is -5.07. The number of amides is 3. The molecule has 5 atom stereocenters. The monoisotopic (exact) mass is 1050 g/mol. The van der Waals surface area contributed by atoms with Crippen LogP contribution in [0.5, 0.6) is 0 Å². The van der Waals surface area contributed by atoms with E-state index in [1.807, 2.05) is 54.9 Å². The summed E-state index contributed by atoms with van der Waals surface area (Å²) in [5, 5.41) is 17.3. The third kappa shape index (κ3) is 9.93. The normalized spacial score (nSPS) is 21.3. The highest BCUT2D eigenvalue weighted by Gasteiger charge is 2.53. The quantitative estimate of drug-likeness (QED) is 0.0971. The first-order chi connectivity index (χ1) is 34.0. The molecule has 0 unspecified atom stereocenters. The van der Waals surface area contributed by atoms with Crippen molar-refractivity contribution in [3.05, 3.63) is 97.8 Å². The van der Waals surface area contributed by atoms with Crippen molar-refractivity contribution < 1.29 is 28.6 Å². The summed E-state index contributed by atoms with van der Waals surface area (Å²) in [6.45, 7) is 11.9. The summed E-state index contributed by atoms with van der Waals surface area (Å²) in [6, 6.07) is 18.2. The summed E-state index contributed by atoms with van der Waals surface area (Å²) < 4.78 is 26.7. The number of benzene rings is 3. The number of piperidine rings is 1. The minimum atomic E-state index is -1.98. The Morgan fingerprint density at radius 3 is 2.39 bits per heavy atom. The van der Waals surface area contributed by atoms with Crippen molar-refractivity contribution in [3.8, 4) is 10.4 Å². The van der Waals surface area contributed by atoms with E-state index in [1.165, 1.54) is 10.5 Å². The Kier molecular flexibility index (Phi) is 13.8. The van der Waals surface area contributed by atoms with E-state index >= 15 is 0 Å². The van der Waals surface area contributed by atoms with Crippen molar-refractivity contribution in [3.63, 3.8) is 0 Å². The van der Waals surface area contributed by atoms with Crippen LogP contribution in [-0.2, 0) is 19.1 Å². The number of ether oxygens (including phenoxy) is 1. The summed E-state index contributed by atoms with van der Waals surface area (Å²) in [7, 11) is 0. The molecular weight excluding hydrogens is 988 g/mol. The molecule has 2 aliphatic carbocycles. The van der Waals surface area contributed by atoms with Crippen LogP contribution in [0.3, 0.4) is 0 Å². The van der Waals surface area contributed by atoms with E-state index in [1.54, 1.807) is 32.1 Å². The molecule has 3 aromatic carbocycles. The van der Waals surface area contributed by atoms with Crippen LogP contribution in [0.4, 0.5) is 4.39 Å². The maximum Gasteiger partial charge on any atom is 0.283 e. The molecule has 14 nitrogen and oxygen atoms in total. The molecule has 3 N–H and O–H groups in total. The van der Waals surface area contributed by atoms with E-state index in [0.717, 1.165) is 94.3 Å². The minimum Gasteiger partial charge on any atom is -0.391 e. The Morgan fingerprint density at radius 1 is 0.986 bits per heavy atom. The fraction of sp³-hybridized carbons (Fsp3) is 0.519. The second-order valence-corrected chi connectivity index (χ2v) is 23.3. The predicted octanol–water partition coefficient (Wildman–Crippen LogP) is 8.55. The summed E-state index contributed by atoms with van der Waals surface area (Å²) >= 11 is 5.17. The van der Waals surface area contributed by atoms with Gasteiger partial charge in [0.25, 0.3) is 11.5 Å². The van der Waals surface area contributed by atoms with Crippen molar-refractivity contribution in [1.82, 2.24) is 39.4 Å². The Morgan fingerprint density at radius 2 is 1.72 bits per heavy atom. The van der Waals surface area contributed by atoms with Gasteiger partial charge >= 0.3 is 0 Å². The van der Waals surface area contributed by atoms with Crippen LogP contribution < -0.4 is 16.2 Å². The number of hydrogen-bond donors (Lipinski definition) is 3. The maximum atomic E-state index is 14.8. The van der Waals surface area contributed by atoms with Gasteiger partial charge in [-0.1, -0.05) is 70.0 Å². The highest BCUT2D eigenvalue weighted by molar-refractivity contribution is 9.10.